The Kier molecular flexibility index (Phi) is 5.40. The number of nitrogens with two attached hydrogens (primary N) is 1. The fourth-order valence-corrected chi connectivity index (χ4v) is 2.77. The van der Waals surface area contributed by atoms with Crippen LogP contribution < -0.4 is 5.73 Å². The second-order valence-corrected chi connectivity index (χ2v) is 5.39. The molecule has 0 spiro atoms. The molecule has 0 unspecified atom stereocenters. The summed E-state index contributed by atoms with van der Waals surface area (Å²) in [5.74, 6) is 0.774. The van der Waals surface area contributed by atoms with Gasteiger partial charge >= 0.3 is 5.97 Å². The summed E-state index contributed by atoms with van der Waals surface area (Å²) >= 11 is 0. The molecule has 2 N–H and O–H groups in total. The third-order valence-corrected chi connectivity index (χ3v) is 3.98. The number of ether oxygens (including phenoxy) is 1. The highest BCUT2D eigenvalue weighted by molar-refractivity contribution is 5.72. The van der Waals surface area contributed by atoms with Gasteiger partial charge in [0.15, 0.2) is 0 Å². The van der Waals surface area contributed by atoms with Crippen molar-refractivity contribution in [2.24, 2.45) is 17.6 Å². The Labute approximate surface area is 115 Å². The molecule has 1 aromatic rings. The Hall–Kier alpha value is -1.35. The van der Waals surface area contributed by atoms with Gasteiger partial charge in [-0.25, -0.2) is 0 Å². The maximum absolute atomic E-state index is 12.0. The van der Waals surface area contributed by atoms with E-state index in [1.54, 1.807) is 0 Å². The van der Waals surface area contributed by atoms with Crippen LogP contribution in [-0.4, -0.2) is 12.5 Å². The zero-order valence-corrected chi connectivity index (χ0v) is 11.4. The van der Waals surface area contributed by atoms with E-state index in [0.29, 0.717) is 12.5 Å². The van der Waals surface area contributed by atoms with E-state index in [2.05, 4.69) is 0 Å². The smallest absolute Gasteiger partial charge is 0.309 e. The lowest BCUT2D eigenvalue weighted by molar-refractivity contribution is -0.151. The largest absolute Gasteiger partial charge is 0.461 e. The van der Waals surface area contributed by atoms with Gasteiger partial charge in [0.1, 0.15) is 6.61 Å². The summed E-state index contributed by atoms with van der Waals surface area (Å²) in [6, 6.07) is 9.84. The molecule has 0 aromatic heterocycles. The van der Waals surface area contributed by atoms with Gasteiger partial charge in [0.25, 0.3) is 0 Å². The summed E-state index contributed by atoms with van der Waals surface area (Å²) in [6.07, 6.45) is 5.23. The number of carbonyl (C=O) groups excluding carboxylic acids is 1. The van der Waals surface area contributed by atoms with Crippen molar-refractivity contribution in [2.45, 2.75) is 38.7 Å². The van der Waals surface area contributed by atoms with Gasteiger partial charge in [0.05, 0.1) is 5.92 Å². The first kappa shape index (κ1) is 14.1. The standard InChI is InChI=1S/C16H23NO2/c17-11-10-13-6-8-15(9-7-13)16(18)19-12-14-4-2-1-3-5-14/h1-5,13,15H,6-12,17H2/t13-,15-. The van der Waals surface area contributed by atoms with Crippen molar-refractivity contribution in [2.75, 3.05) is 6.54 Å². The Morgan fingerprint density at radius 3 is 2.47 bits per heavy atom. The van der Waals surface area contributed by atoms with Crippen molar-refractivity contribution in [3.63, 3.8) is 0 Å². The van der Waals surface area contributed by atoms with E-state index in [-0.39, 0.29) is 11.9 Å². The molecular weight excluding hydrogens is 238 g/mol. The van der Waals surface area contributed by atoms with Crippen molar-refractivity contribution < 1.29 is 9.53 Å². The number of hydrogen-bond acceptors (Lipinski definition) is 3. The van der Waals surface area contributed by atoms with E-state index < -0.39 is 0 Å². The Bertz CT molecular complexity index is 383. The Morgan fingerprint density at radius 1 is 1.16 bits per heavy atom. The first-order valence-electron chi connectivity index (χ1n) is 7.20. The highest BCUT2D eigenvalue weighted by atomic mass is 16.5. The average molecular weight is 261 g/mol. The van der Waals surface area contributed by atoms with Crippen LogP contribution in [0.25, 0.3) is 0 Å². The molecule has 0 heterocycles. The molecule has 1 fully saturated rings. The van der Waals surface area contributed by atoms with Crippen LogP contribution in [0.5, 0.6) is 0 Å². The van der Waals surface area contributed by atoms with Gasteiger partial charge in [-0.3, -0.25) is 4.79 Å². The minimum absolute atomic E-state index is 0.0324. The molecule has 0 aliphatic heterocycles. The molecule has 19 heavy (non-hydrogen) atoms. The average Bonchev–Trinajstić information content (AvgIpc) is 2.47. The number of carbonyl (C=O) groups is 1. The first-order valence-corrected chi connectivity index (χ1v) is 7.20. The minimum Gasteiger partial charge on any atom is -0.461 e. The van der Waals surface area contributed by atoms with Crippen LogP contribution in [0.4, 0.5) is 0 Å². The second kappa shape index (κ2) is 7.29. The first-order chi connectivity index (χ1) is 9.29. The third-order valence-electron chi connectivity index (χ3n) is 3.98. The van der Waals surface area contributed by atoms with Crippen LogP contribution in [0.2, 0.25) is 0 Å². The van der Waals surface area contributed by atoms with E-state index >= 15 is 0 Å². The second-order valence-electron chi connectivity index (χ2n) is 5.39. The van der Waals surface area contributed by atoms with Gasteiger partial charge in [-0.05, 0) is 50.1 Å². The SMILES string of the molecule is NCC[C@H]1CC[C@H](C(=O)OCc2ccccc2)CC1. The molecule has 0 bridgehead atoms. The van der Waals surface area contributed by atoms with E-state index in [4.69, 9.17) is 10.5 Å². The lowest BCUT2D eigenvalue weighted by atomic mass is 9.80. The summed E-state index contributed by atoms with van der Waals surface area (Å²) in [5.41, 5.74) is 6.62. The maximum Gasteiger partial charge on any atom is 0.309 e. The van der Waals surface area contributed by atoms with Gasteiger partial charge in [-0.2, -0.15) is 0 Å². The Balaban J connectivity index is 1.73. The molecule has 1 aliphatic carbocycles. The summed E-state index contributed by atoms with van der Waals surface area (Å²) < 4.78 is 5.40. The highest BCUT2D eigenvalue weighted by Gasteiger charge is 2.26. The van der Waals surface area contributed by atoms with Gasteiger partial charge in [0.2, 0.25) is 0 Å². The zero-order chi connectivity index (χ0) is 13.5. The third kappa shape index (κ3) is 4.35. The van der Waals surface area contributed by atoms with Crippen LogP contribution in [0.1, 0.15) is 37.7 Å². The maximum atomic E-state index is 12.0. The summed E-state index contributed by atoms with van der Waals surface area (Å²) in [7, 11) is 0. The van der Waals surface area contributed by atoms with Crippen LogP contribution in [0, 0.1) is 11.8 Å². The number of rotatable bonds is 5. The molecule has 1 aliphatic rings. The Morgan fingerprint density at radius 2 is 1.84 bits per heavy atom. The minimum atomic E-state index is -0.0324. The summed E-state index contributed by atoms with van der Waals surface area (Å²) in [6.45, 7) is 1.15. The monoisotopic (exact) mass is 261 g/mol. The normalized spacial score (nSPS) is 23.0. The number of benzene rings is 1. The highest BCUT2D eigenvalue weighted by Crippen LogP contribution is 2.31. The van der Waals surface area contributed by atoms with Crippen molar-refractivity contribution in [3.8, 4) is 0 Å². The predicted octanol–water partition coefficient (Wildman–Crippen LogP) is 2.89. The van der Waals surface area contributed by atoms with E-state index in [0.717, 1.165) is 44.2 Å². The lowest BCUT2D eigenvalue weighted by Crippen LogP contribution is -2.24. The van der Waals surface area contributed by atoms with Crippen molar-refractivity contribution in [1.29, 1.82) is 0 Å². The van der Waals surface area contributed by atoms with Crippen LogP contribution >= 0.6 is 0 Å². The molecule has 0 radical (unpaired) electrons. The summed E-state index contributed by atoms with van der Waals surface area (Å²) in [5, 5.41) is 0. The zero-order valence-electron chi connectivity index (χ0n) is 11.4. The molecule has 1 aromatic carbocycles. The van der Waals surface area contributed by atoms with Gasteiger partial charge in [0, 0.05) is 0 Å². The van der Waals surface area contributed by atoms with E-state index in [1.807, 2.05) is 30.3 Å². The van der Waals surface area contributed by atoms with Crippen LogP contribution in [-0.2, 0) is 16.1 Å². The van der Waals surface area contributed by atoms with Crippen molar-refractivity contribution >= 4 is 5.97 Å². The lowest BCUT2D eigenvalue weighted by Gasteiger charge is -2.26. The summed E-state index contributed by atoms with van der Waals surface area (Å²) in [4.78, 5) is 12.0. The number of hydrogen-bond donors (Lipinski definition) is 1. The fourth-order valence-electron chi connectivity index (χ4n) is 2.77. The molecule has 1 saturated carbocycles. The molecule has 3 heteroatoms. The van der Waals surface area contributed by atoms with Crippen LogP contribution in [0.3, 0.4) is 0 Å². The van der Waals surface area contributed by atoms with Crippen LogP contribution in [0.15, 0.2) is 30.3 Å². The molecule has 0 atom stereocenters. The van der Waals surface area contributed by atoms with Crippen molar-refractivity contribution in [1.82, 2.24) is 0 Å². The van der Waals surface area contributed by atoms with Crippen molar-refractivity contribution in [3.05, 3.63) is 35.9 Å². The van der Waals surface area contributed by atoms with Gasteiger partial charge in [-0.1, -0.05) is 30.3 Å². The predicted molar refractivity (Wildman–Crippen MR) is 75.4 cm³/mol. The topological polar surface area (TPSA) is 52.3 Å². The molecular formula is C16H23NO2. The molecule has 0 saturated heterocycles. The molecule has 3 nitrogen and oxygen atoms in total. The van der Waals surface area contributed by atoms with Gasteiger partial charge in [-0.15, -0.1) is 0 Å². The fraction of sp³-hybridized carbons (Fsp3) is 0.562. The van der Waals surface area contributed by atoms with E-state index in [1.165, 1.54) is 0 Å². The molecule has 0 amide bonds. The van der Waals surface area contributed by atoms with E-state index in [9.17, 15) is 4.79 Å². The number of esters is 1. The van der Waals surface area contributed by atoms with Gasteiger partial charge < -0.3 is 10.5 Å². The molecule has 2 rings (SSSR count). The molecule has 104 valence electrons. The quantitative estimate of drug-likeness (QED) is 0.829.